The van der Waals surface area contributed by atoms with E-state index in [4.69, 9.17) is 9.84 Å². The van der Waals surface area contributed by atoms with Crippen molar-refractivity contribution in [2.45, 2.75) is 72.6 Å². The van der Waals surface area contributed by atoms with Crippen molar-refractivity contribution in [2.24, 2.45) is 10.8 Å². The van der Waals surface area contributed by atoms with E-state index in [0.29, 0.717) is 32.3 Å². The van der Waals surface area contributed by atoms with E-state index in [1.165, 1.54) is 0 Å². The summed E-state index contributed by atoms with van der Waals surface area (Å²) in [4.78, 5) is 25.5. The van der Waals surface area contributed by atoms with Crippen LogP contribution in [0.1, 0.15) is 71.9 Å². The Balaban J connectivity index is 3.13. The van der Waals surface area contributed by atoms with Crippen molar-refractivity contribution in [3.63, 3.8) is 0 Å². The number of aliphatic hydroxyl groups excluding tert-OH is 1. The van der Waals surface area contributed by atoms with Crippen LogP contribution in [0.15, 0.2) is 24.3 Å². The number of carbonyl (C=O) groups excluding carboxylic acids is 2. The first kappa shape index (κ1) is 31.1. The molecule has 9 heteroatoms. The average molecular weight is 513 g/mol. The molecule has 0 spiro atoms. The number of hydrogen-bond acceptors (Lipinski definition) is 7. The number of amides is 1. The molecule has 0 heterocycles. The van der Waals surface area contributed by atoms with Crippen molar-refractivity contribution >= 4 is 21.7 Å². The van der Waals surface area contributed by atoms with Crippen LogP contribution in [0.4, 0.5) is 0 Å². The quantitative estimate of drug-likeness (QED) is 0.244. The Hall–Kier alpha value is -1.97. The van der Waals surface area contributed by atoms with Gasteiger partial charge in [-0.15, -0.1) is 0 Å². The third kappa shape index (κ3) is 9.54. The molecule has 3 N–H and O–H groups in total. The van der Waals surface area contributed by atoms with Gasteiger partial charge in [0.25, 0.3) is 0 Å². The van der Waals surface area contributed by atoms with Crippen LogP contribution >= 0.6 is 0 Å². The molecule has 0 aromatic heterocycles. The van der Waals surface area contributed by atoms with Gasteiger partial charge in [0, 0.05) is 7.05 Å². The number of ether oxygens (including phenoxy) is 1. The molecule has 1 rings (SSSR count). The van der Waals surface area contributed by atoms with Gasteiger partial charge >= 0.3 is 5.97 Å². The van der Waals surface area contributed by atoms with E-state index in [9.17, 15) is 18.0 Å². The van der Waals surface area contributed by atoms with Gasteiger partial charge in [0.1, 0.15) is 0 Å². The Morgan fingerprint density at radius 2 is 1.74 bits per heavy atom. The number of hydrogen-bond donors (Lipinski definition) is 3. The van der Waals surface area contributed by atoms with Gasteiger partial charge in [-0.25, -0.2) is 13.8 Å². The van der Waals surface area contributed by atoms with E-state index in [1.54, 1.807) is 14.0 Å². The number of benzene rings is 1. The number of sulfone groups is 1. The maximum absolute atomic E-state index is 13.2. The minimum Gasteiger partial charge on any atom is -0.466 e. The van der Waals surface area contributed by atoms with Gasteiger partial charge in [0.15, 0.2) is 9.84 Å². The molecule has 35 heavy (non-hydrogen) atoms. The van der Waals surface area contributed by atoms with Crippen molar-refractivity contribution in [3.05, 3.63) is 35.4 Å². The fraction of sp³-hybridized carbons (Fsp3) is 0.692. The zero-order valence-electron chi connectivity index (χ0n) is 22.4. The van der Waals surface area contributed by atoms with Crippen LogP contribution in [0.2, 0.25) is 0 Å². The number of carbonyl (C=O) groups is 2. The van der Waals surface area contributed by atoms with Gasteiger partial charge in [-0.05, 0) is 63.5 Å². The number of hydrazine groups is 1. The zero-order chi connectivity index (χ0) is 26.9. The molecule has 0 bridgehead atoms. The molecule has 200 valence electrons. The summed E-state index contributed by atoms with van der Waals surface area (Å²) in [5.74, 6) is -0.710. The average Bonchev–Trinajstić information content (AvgIpc) is 2.72. The van der Waals surface area contributed by atoms with Gasteiger partial charge in [-0.2, -0.15) is 0 Å². The first-order valence-corrected chi connectivity index (χ1v) is 14.0. The smallest absolute Gasteiger partial charge is 0.311 e. The van der Waals surface area contributed by atoms with Crippen LogP contribution in [0, 0.1) is 10.8 Å². The highest BCUT2D eigenvalue weighted by Crippen LogP contribution is 2.35. The molecule has 0 unspecified atom stereocenters. The molecule has 1 aromatic carbocycles. The summed E-state index contributed by atoms with van der Waals surface area (Å²) in [7, 11) is -1.71. The molecule has 0 aliphatic heterocycles. The first-order valence-electron chi connectivity index (χ1n) is 12.2. The molecular weight excluding hydrogens is 468 g/mol. The van der Waals surface area contributed by atoms with E-state index >= 15 is 0 Å². The lowest BCUT2D eigenvalue weighted by Gasteiger charge is -2.32. The standard InChI is InChI=1S/C26H44N2O6S/c1-8-34-23(31)25(4,5)18-20-11-9-12-21(17-20)26(6,22(30)28-27-7)14-10-13-24(2,3)19-35(32,33)16-15-29/h9,11-12,17,27,29H,8,10,13-16,18-19H2,1-7H3,(H,28,30)/t26-/m1/s1. The monoisotopic (exact) mass is 512 g/mol. The Morgan fingerprint density at radius 3 is 2.31 bits per heavy atom. The maximum atomic E-state index is 13.2. The van der Waals surface area contributed by atoms with Crippen LogP contribution in [0.5, 0.6) is 0 Å². The van der Waals surface area contributed by atoms with Crippen LogP contribution in [0.25, 0.3) is 0 Å². The van der Waals surface area contributed by atoms with E-state index in [2.05, 4.69) is 10.9 Å². The summed E-state index contributed by atoms with van der Waals surface area (Å²) in [6, 6.07) is 7.71. The van der Waals surface area contributed by atoms with Gasteiger partial charge < -0.3 is 9.84 Å². The van der Waals surface area contributed by atoms with Crippen molar-refractivity contribution in [1.82, 2.24) is 10.9 Å². The van der Waals surface area contributed by atoms with E-state index in [1.807, 2.05) is 58.9 Å². The first-order chi connectivity index (χ1) is 16.1. The van der Waals surface area contributed by atoms with Gasteiger partial charge in [0.2, 0.25) is 5.91 Å². The van der Waals surface area contributed by atoms with Gasteiger partial charge in [0.05, 0.1) is 35.5 Å². The lowest BCUT2D eigenvalue weighted by Crippen LogP contribution is -2.47. The van der Waals surface area contributed by atoms with Crippen molar-refractivity contribution < 1.29 is 27.9 Å². The van der Waals surface area contributed by atoms with E-state index < -0.39 is 26.1 Å². The molecule has 1 atom stereocenters. The van der Waals surface area contributed by atoms with Gasteiger partial charge in [-0.3, -0.25) is 15.0 Å². The Kier molecular flexibility index (Phi) is 11.4. The zero-order valence-corrected chi connectivity index (χ0v) is 23.2. The van der Waals surface area contributed by atoms with Crippen molar-refractivity contribution in [1.29, 1.82) is 0 Å². The van der Waals surface area contributed by atoms with Crippen molar-refractivity contribution in [3.8, 4) is 0 Å². The Bertz CT molecular complexity index is 958. The third-order valence-electron chi connectivity index (χ3n) is 6.32. The highest BCUT2D eigenvalue weighted by molar-refractivity contribution is 7.91. The number of rotatable bonds is 15. The topological polar surface area (TPSA) is 122 Å². The molecule has 8 nitrogen and oxygen atoms in total. The van der Waals surface area contributed by atoms with E-state index in [-0.39, 0.29) is 30.0 Å². The lowest BCUT2D eigenvalue weighted by molar-refractivity contribution is -0.153. The largest absolute Gasteiger partial charge is 0.466 e. The van der Waals surface area contributed by atoms with Crippen LogP contribution in [-0.2, 0) is 36.0 Å². The molecule has 0 saturated carbocycles. The highest BCUT2D eigenvalue weighted by Gasteiger charge is 2.37. The summed E-state index contributed by atoms with van der Waals surface area (Å²) in [5, 5.41) is 9.01. The number of aliphatic hydroxyl groups is 1. The van der Waals surface area contributed by atoms with Crippen molar-refractivity contribution in [2.75, 3.05) is 31.8 Å². The molecule has 1 amide bonds. The minimum absolute atomic E-state index is 0.0155. The summed E-state index contributed by atoms with van der Waals surface area (Å²) in [5.41, 5.74) is 5.11. The lowest BCUT2D eigenvalue weighted by atomic mass is 9.74. The third-order valence-corrected chi connectivity index (χ3v) is 8.35. The second-order valence-corrected chi connectivity index (χ2v) is 13.0. The Morgan fingerprint density at radius 1 is 1.09 bits per heavy atom. The molecule has 0 aliphatic rings. The number of nitrogens with one attached hydrogen (secondary N) is 2. The molecule has 1 aromatic rings. The fourth-order valence-electron chi connectivity index (χ4n) is 4.37. The maximum Gasteiger partial charge on any atom is 0.311 e. The molecule has 0 radical (unpaired) electrons. The second-order valence-electron chi connectivity index (χ2n) is 10.9. The molecule has 0 aliphatic carbocycles. The molecule has 0 saturated heterocycles. The highest BCUT2D eigenvalue weighted by atomic mass is 32.2. The molecule has 0 fully saturated rings. The minimum atomic E-state index is -3.34. The second kappa shape index (κ2) is 12.8. The predicted octanol–water partition coefficient (Wildman–Crippen LogP) is 2.93. The van der Waals surface area contributed by atoms with Crippen LogP contribution in [-0.4, -0.2) is 57.2 Å². The van der Waals surface area contributed by atoms with Gasteiger partial charge in [-0.1, -0.05) is 44.5 Å². The summed E-state index contributed by atoms with van der Waals surface area (Å²) < 4.78 is 29.6. The fourth-order valence-corrected chi connectivity index (χ4v) is 6.13. The van der Waals surface area contributed by atoms with Crippen LogP contribution in [0.3, 0.4) is 0 Å². The number of esters is 1. The van der Waals surface area contributed by atoms with Crippen LogP contribution < -0.4 is 10.9 Å². The normalized spacial score (nSPS) is 14.3. The molecular formula is C26H44N2O6S. The SMILES string of the molecule is CCOC(=O)C(C)(C)Cc1cccc([C@@](C)(CCCC(C)(C)CS(=O)(=O)CCO)C(=O)NNC)c1. The summed E-state index contributed by atoms with van der Waals surface area (Å²) in [6.45, 7) is 11.1. The van der Waals surface area contributed by atoms with E-state index in [0.717, 1.165) is 11.1 Å². The predicted molar refractivity (Wildman–Crippen MR) is 138 cm³/mol. The summed E-state index contributed by atoms with van der Waals surface area (Å²) >= 11 is 0. The summed E-state index contributed by atoms with van der Waals surface area (Å²) in [6.07, 6.45) is 2.22. The Labute approximate surface area is 211 Å².